The maximum absolute atomic E-state index is 12.4. The first kappa shape index (κ1) is 17.7. The number of rotatable bonds is 6. The molecule has 0 bridgehead atoms. The van der Waals surface area contributed by atoms with E-state index < -0.39 is 12.2 Å². The van der Waals surface area contributed by atoms with E-state index in [1.165, 1.54) is 0 Å². The Balaban J connectivity index is 1.99. The molecule has 0 unspecified atom stereocenters. The normalized spacial score (nSPS) is 24.7. The number of carbonyl (C=O) groups is 1. The third-order valence-electron chi connectivity index (χ3n) is 3.98. The van der Waals surface area contributed by atoms with Gasteiger partial charge in [-0.05, 0) is 18.1 Å². The largest absolute Gasteiger partial charge is 0.390 e. The van der Waals surface area contributed by atoms with Crippen LogP contribution in [-0.2, 0) is 9.53 Å². The molecule has 1 aliphatic rings. The van der Waals surface area contributed by atoms with E-state index in [1.807, 2.05) is 37.3 Å². The first-order valence-corrected chi connectivity index (χ1v) is 8.07. The lowest BCUT2D eigenvalue weighted by molar-refractivity contribution is -0.138. The molecule has 1 aromatic carbocycles. The van der Waals surface area contributed by atoms with E-state index in [4.69, 9.17) is 4.74 Å². The van der Waals surface area contributed by atoms with Crippen molar-refractivity contribution in [3.63, 3.8) is 0 Å². The van der Waals surface area contributed by atoms with Crippen LogP contribution in [0.4, 0.5) is 0 Å². The van der Waals surface area contributed by atoms with Gasteiger partial charge >= 0.3 is 0 Å². The molecule has 0 aliphatic carbocycles. The van der Waals surface area contributed by atoms with Crippen LogP contribution in [0.5, 0.6) is 0 Å². The zero-order valence-corrected chi connectivity index (χ0v) is 13.5. The molecule has 1 saturated heterocycles. The number of hydrogen-bond acceptors (Lipinski definition) is 4. The number of benzene rings is 1. The maximum atomic E-state index is 12.4. The van der Waals surface area contributed by atoms with Gasteiger partial charge in [-0.25, -0.2) is 0 Å². The Morgan fingerprint density at radius 2 is 2.04 bits per heavy atom. The van der Waals surface area contributed by atoms with Gasteiger partial charge in [0.1, 0.15) is 6.10 Å². The number of nitrogens with zero attached hydrogens (tertiary/aromatic N) is 1. The van der Waals surface area contributed by atoms with Gasteiger partial charge in [0.2, 0.25) is 5.91 Å². The van der Waals surface area contributed by atoms with Crippen LogP contribution in [0.2, 0.25) is 0 Å². The Bertz CT molecular complexity index is 517. The summed E-state index contributed by atoms with van der Waals surface area (Å²) in [5.41, 5.74) is 0.966. The predicted molar refractivity (Wildman–Crippen MR) is 88.7 cm³/mol. The number of aliphatic hydroxyl groups excluding tert-OH is 2. The summed E-state index contributed by atoms with van der Waals surface area (Å²) in [6.07, 6.45) is 2.43. The molecule has 5 heteroatoms. The van der Waals surface area contributed by atoms with Gasteiger partial charge in [-0.3, -0.25) is 4.79 Å². The van der Waals surface area contributed by atoms with E-state index in [9.17, 15) is 15.0 Å². The molecule has 1 heterocycles. The predicted octanol–water partition coefficient (Wildman–Crippen LogP) is 1.31. The number of ether oxygens (including phenoxy) is 1. The summed E-state index contributed by atoms with van der Waals surface area (Å²) < 4.78 is 5.29. The molecular weight excluding hydrogens is 294 g/mol. The van der Waals surface area contributed by atoms with E-state index in [0.29, 0.717) is 19.7 Å². The minimum Gasteiger partial charge on any atom is -0.390 e. The van der Waals surface area contributed by atoms with E-state index in [0.717, 1.165) is 12.0 Å². The number of amides is 1. The Morgan fingerprint density at radius 1 is 1.30 bits per heavy atom. The summed E-state index contributed by atoms with van der Waals surface area (Å²) in [7, 11) is 0. The second kappa shape index (κ2) is 8.82. The van der Waals surface area contributed by atoms with Crippen molar-refractivity contribution in [2.24, 2.45) is 5.92 Å². The molecule has 3 atom stereocenters. The Hall–Kier alpha value is -1.69. The van der Waals surface area contributed by atoms with Crippen LogP contribution < -0.4 is 0 Å². The Morgan fingerprint density at radius 3 is 2.74 bits per heavy atom. The lowest BCUT2D eigenvalue weighted by Crippen LogP contribution is -2.49. The fourth-order valence-electron chi connectivity index (χ4n) is 2.69. The molecular formula is C18H25NO4. The van der Waals surface area contributed by atoms with Crippen molar-refractivity contribution in [2.75, 3.05) is 26.3 Å². The fourth-order valence-corrected chi connectivity index (χ4v) is 2.69. The van der Waals surface area contributed by atoms with E-state index in [-0.39, 0.29) is 18.4 Å². The zero-order chi connectivity index (χ0) is 16.7. The van der Waals surface area contributed by atoms with Crippen LogP contribution >= 0.6 is 0 Å². The van der Waals surface area contributed by atoms with Crippen molar-refractivity contribution in [1.29, 1.82) is 0 Å². The lowest BCUT2D eigenvalue weighted by Gasteiger charge is -2.35. The quantitative estimate of drug-likeness (QED) is 0.776. The average Bonchev–Trinajstić information content (AvgIpc) is 2.57. The highest BCUT2D eigenvalue weighted by Gasteiger charge is 2.33. The molecule has 1 amide bonds. The van der Waals surface area contributed by atoms with Crippen molar-refractivity contribution >= 4 is 12.0 Å². The zero-order valence-electron chi connectivity index (χ0n) is 13.5. The summed E-state index contributed by atoms with van der Waals surface area (Å²) >= 11 is 0. The van der Waals surface area contributed by atoms with Crippen LogP contribution in [0.3, 0.4) is 0 Å². The van der Waals surface area contributed by atoms with Gasteiger partial charge in [0, 0.05) is 25.1 Å². The molecule has 5 nitrogen and oxygen atoms in total. The van der Waals surface area contributed by atoms with Gasteiger partial charge in [0.15, 0.2) is 0 Å². The third-order valence-corrected chi connectivity index (χ3v) is 3.98. The molecule has 1 fully saturated rings. The molecule has 126 valence electrons. The highest BCUT2D eigenvalue weighted by atomic mass is 16.5. The minimum absolute atomic E-state index is 0.0945. The minimum atomic E-state index is -0.882. The summed E-state index contributed by atoms with van der Waals surface area (Å²) in [5, 5.41) is 19.7. The van der Waals surface area contributed by atoms with Gasteiger partial charge in [-0.2, -0.15) is 0 Å². The summed E-state index contributed by atoms with van der Waals surface area (Å²) in [4.78, 5) is 14.1. The second-order valence-electron chi connectivity index (χ2n) is 5.88. The van der Waals surface area contributed by atoms with Crippen molar-refractivity contribution in [1.82, 2.24) is 4.90 Å². The van der Waals surface area contributed by atoms with Gasteiger partial charge < -0.3 is 19.8 Å². The van der Waals surface area contributed by atoms with Gasteiger partial charge in [-0.15, -0.1) is 0 Å². The van der Waals surface area contributed by atoms with Crippen molar-refractivity contribution in [3.05, 3.63) is 42.0 Å². The number of aliphatic hydroxyl groups is 2. The molecule has 1 aromatic rings. The molecule has 2 rings (SSSR count). The third kappa shape index (κ3) is 5.16. The van der Waals surface area contributed by atoms with E-state index >= 15 is 0 Å². The highest BCUT2D eigenvalue weighted by Crippen LogP contribution is 2.17. The molecule has 0 radical (unpaired) electrons. The molecule has 23 heavy (non-hydrogen) atoms. The van der Waals surface area contributed by atoms with Crippen LogP contribution in [0, 0.1) is 5.92 Å². The second-order valence-corrected chi connectivity index (χ2v) is 5.88. The number of hydrogen-bond donors (Lipinski definition) is 2. The van der Waals surface area contributed by atoms with E-state index in [2.05, 4.69) is 0 Å². The molecule has 0 spiro atoms. The van der Waals surface area contributed by atoms with Gasteiger partial charge in [-0.1, -0.05) is 37.3 Å². The Kier molecular flexibility index (Phi) is 6.77. The van der Waals surface area contributed by atoms with Crippen molar-refractivity contribution in [2.45, 2.75) is 25.6 Å². The molecule has 0 aromatic heterocycles. The first-order valence-electron chi connectivity index (χ1n) is 8.07. The first-order chi connectivity index (χ1) is 11.1. The maximum Gasteiger partial charge on any atom is 0.246 e. The van der Waals surface area contributed by atoms with Gasteiger partial charge in [0.05, 0.1) is 19.3 Å². The molecule has 0 saturated carbocycles. The SMILES string of the molecule is CCCN(C[C@@H]1COC[C@@H](O)[C@H]1O)C(=O)/C=C/c1ccccc1. The highest BCUT2D eigenvalue weighted by molar-refractivity contribution is 5.91. The Labute approximate surface area is 137 Å². The van der Waals surface area contributed by atoms with Crippen LogP contribution in [-0.4, -0.2) is 59.5 Å². The molecule has 2 N–H and O–H groups in total. The van der Waals surface area contributed by atoms with Crippen LogP contribution in [0.1, 0.15) is 18.9 Å². The van der Waals surface area contributed by atoms with Crippen molar-refractivity contribution < 1.29 is 19.7 Å². The lowest BCUT2D eigenvalue weighted by atomic mass is 9.96. The number of carbonyl (C=O) groups excluding carboxylic acids is 1. The monoisotopic (exact) mass is 319 g/mol. The van der Waals surface area contributed by atoms with Crippen molar-refractivity contribution in [3.8, 4) is 0 Å². The fraction of sp³-hybridized carbons (Fsp3) is 0.500. The van der Waals surface area contributed by atoms with Crippen LogP contribution in [0.15, 0.2) is 36.4 Å². The summed E-state index contributed by atoms with van der Waals surface area (Å²) in [6.45, 7) is 3.49. The average molecular weight is 319 g/mol. The summed E-state index contributed by atoms with van der Waals surface area (Å²) in [6, 6.07) is 9.64. The molecule has 1 aliphatic heterocycles. The smallest absolute Gasteiger partial charge is 0.246 e. The topological polar surface area (TPSA) is 70.0 Å². The van der Waals surface area contributed by atoms with Crippen LogP contribution in [0.25, 0.3) is 6.08 Å². The van der Waals surface area contributed by atoms with E-state index in [1.54, 1.807) is 17.1 Å². The standard InChI is InChI=1S/C18H25NO4/c1-2-10-19(11-15-12-23-13-16(20)18(15)22)17(21)9-8-14-6-4-3-5-7-14/h3-9,15-16,18,20,22H,2,10-13H2,1H3/b9-8+/t15-,16-,18+/m1/s1. The summed E-state index contributed by atoms with van der Waals surface area (Å²) in [5.74, 6) is -0.359. The van der Waals surface area contributed by atoms with Gasteiger partial charge in [0.25, 0.3) is 0 Å².